The van der Waals surface area contributed by atoms with E-state index in [1.807, 2.05) is 0 Å². The molecule has 7 nitrogen and oxygen atoms in total. The lowest BCUT2D eigenvalue weighted by Gasteiger charge is -2.34. The molecule has 2 heterocycles. The molecule has 2 rings (SSSR count). The topological polar surface area (TPSA) is 91.1 Å². The number of piperidine rings is 1. The van der Waals surface area contributed by atoms with Crippen LogP contribution in [0.25, 0.3) is 0 Å². The largest absolute Gasteiger partial charge is 0.480 e. The molecule has 21 heavy (non-hydrogen) atoms. The standard InChI is InChI=1S/C14H18N2O5/c1-15(13(18)11-6-4-8-21-11)9-12(17)16-7-3-2-5-10(16)14(19)20/h4,6,8,10H,2-3,5,7,9H2,1H3,(H,19,20)/t10-/m0/s1. The average molecular weight is 294 g/mol. The molecular formula is C14H18N2O5. The Morgan fingerprint density at radius 3 is 2.81 bits per heavy atom. The molecule has 1 aromatic heterocycles. The second-order valence-electron chi connectivity index (χ2n) is 5.08. The number of rotatable bonds is 4. The fraction of sp³-hybridized carbons (Fsp3) is 0.500. The van der Waals surface area contributed by atoms with Crippen LogP contribution < -0.4 is 0 Å². The van der Waals surface area contributed by atoms with Crippen molar-refractivity contribution in [3.8, 4) is 0 Å². The summed E-state index contributed by atoms with van der Waals surface area (Å²) >= 11 is 0. The number of likely N-dealkylation sites (tertiary alicyclic amines) is 1. The minimum absolute atomic E-state index is 0.152. The number of carboxylic acid groups (broad SMARTS) is 1. The zero-order valence-electron chi connectivity index (χ0n) is 11.8. The van der Waals surface area contributed by atoms with Crippen LogP contribution in [-0.4, -0.2) is 58.9 Å². The quantitative estimate of drug-likeness (QED) is 0.887. The van der Waals surface area contributed by atoms with Crippen LogP contribution in [0.5, 0.6) is 0 Å². The first-order chi connectivity index (χ1) is 10.0. The lowest BCUT2D eigenvalue weighted by atomic mass is 10.0. The van der Waals surface area contributed by atoms with E-state index in [1.54, 1.807) is 6.07 Å². The number of amides is 2. The SMILES string of the molecule is CN(CC(=O)N1CCCC[C@H]1C(=O)O)C(=O)c1ccco1. The molecule has 1 atom stereocenters. The Balaban J connectivity index is 1.99. The monoisotopic (exact) mass is 294 g/mol. The van der Waals surface area contributed by atoms with Gasteiger partial charge in [0.15, 0.2) is 5.76 Å². The fourth-order valence-corrected chi connectivity index (χ4v) is 2.44. The Morgan fingerprint density at radius 2 is 2.19 bits per heavy atom. The van der Waals surface area contributed by atoms with Gasteiger partial charge in [-0.2, -0.15) is 0 Å². The highest BCUT2D eigenvalue weighted by Gasteiger charge is 2.32. The molecule has 0 spiro atoms. The van der Waals surface area contributed by atoms with Crippen LogP contribution in [0.3, 0.4) is 0 Å². The first-order valence-electron chi connectivity index (χ1n) is 6.82. The molecule has 0 bridgehead atoms. The molecule has 1 N–H and O–H groups in total. The van der Waals surface area contributed by atoms with Crippen molar-refractivity contribution in [3.63, 3.8) is 0 Å². The summed E-state index contributed by atoms with van der Waals surface area (Å²) in [5.41, 5.74) is 0. The summed E-state index contributed by atoms with van der Waals surface area (Å²) in [5.74, 6) is -1.61. The van der Waals surface area contributed by atoms with Crippen molar-refractivity contribution in [1.82, 2.24) is 9.80 Å². The Labute approximate surface area is 122 Å². The van der Waals surface area contributed by atoms with Crippen molar-refractivity contribution in [1.29, 1.82) is 0 Å². The Hall–Kier alpha value is -2.31. The summed E-state index contributed by atoms with van der Waals surface area (Å²) in [7, 11) is 1.49. The smallest absolute Gasteiger partial charge is 0.326 e. The molecule has 1 aromatic rings. The molecule has 114 valence electrons. The summed E-state index contributed by atoms with van der Waals surface area (Å²) in [5, 5.41) is 9.16. The van der Waals surface area contributed by atoms with Gasteiger partial charge in [-0.25, -0.2) is 4.79 Å². The lowest BCUT2D eigenvalue weighted by molar-refractivity contribution is -0.152. The molecule has 0 unspecified atom stereocenters. The first-order valence-corrected chi connectivity index (χ1v) is 6.82. The third-order valence-corrected chi connectivity index (χ3v) is 3.56. The Kier molecular flexibility index (Phi) is 4.62. The minimum Gasteiger partial charge on any atom is -0.480 e. The molecule has 0 saturated carbocycles. The molecule has 0 aliphatic carbocycles. The van der Waals surface area contributed by atoms with Gasteiger partial charge in [0.05, 0.1) is 12.8 Å². The van der Waals surface area contributed by atoms with Gasteiger partial charge in [-0.15, -0.1) is 0 Å². The van der Waals surface area contributed by atoms with E-state index in [0.717, 1.165) is 12.8 Å². The van der Waals surface area contributed by atoms with E-state index in [1.165, 1.54) is 29.2 Å². The van der Waals surface area contributed by atoms with E-state index >= 15 is 0 Å². The third kappa shape index (κ3) is 3.42. The van der Waals surface area contributed by atoms with Crippen LogP contribution in [0.2, 0.25) is 0 Å². The first kappa shape index (κ1) is 15.1. The molecule has 0 radical (unpaired) electrons. The van der Waals surface area contributed by atoms with Crippen LogP contribution in [0.1, 0.15) is 29.8 Å². The highest BCUT2D eigenvalue weighted by atomic mass is 16.4. The average Bonchev–Trinajstić information content (AvgIpc) is 3.00. The van der Waals surface area contributed by atoms with Crippen molar-refractivity contribution in [2.45, 2.75) is 25.3 Å². The molecule has 1 saturated heterocycles. The molecule has 1 aliphatic rings. The summed E-state index contributed by atoms with van der Waals surface area (Å²) in [4.78, 5) is 38.0. The lowest BCUT2D eigenvalue weighted by Crippen LogP contribution is -2.51. The predicted molar refractivity (Wildman–Crippen MR) is 72.7 cm³/mol. The molecule has 0 aromatic carbocycles. The van der Waals surface area contributed by atoms with Gasteiger partial charge < -0.3 is 19.3 Å². The number of carbonyl (C=O) groups is 3. The number of carboxylic acids is 1. The fourth-order valence-electron chi connectivity index (χ4n) is 2.44. The highest BCUT2D eigenvalue weighted by Crippen LogP contribution is 2.17. The summed E-state index contributed by atoms with van der Waals surface area (Å²) < 4.78 is 4.99. The number of likely N-dealkylation sites (N-methyl/N-ethyl adjacent to an activating group) is 1. The maximum Gasteiger partial charge on any atom is 0.326 e. The van der Waals surface area contributed by atoms with Crippen molar-refractivity contribution < 1.29 is 23.9 Å². The van der Waals surface area contributed by atoms with Crippen LogP contribution in [0.4, 0.5) is 0 Å². The minimum atomic E-state index is -0.997. The van der Waals surface area contributed by atoms with Crippen molar-refractivity contribution in [2.75, 3.05) is 20.1 Å². The normalized spacial score (nSPS) is 18.3. The van der Waals surface area contributed by atoms with Crippen molar-refractivity contribution in [3.05, 3.63) is 24.2 Å². The van der Waals surface area contributed by atoms with Gasteiger partial charge in [0.25, 0.3) is 5.91 Å². The second-order valence-corrected chi connectivity index (χ2v) is 5.08. The number of aliphatic carboxylic acids is 1. The maximum absolute atomic E-state index is 12.2. The van der Waals surface area contributed by atoms with Gasteiger partial charge in [0.2, 0.25) is 5.91 Å². The molecule has 1 fully saturated rings. The zero-order chi connectivity index (χ0) is 15.4. The summed E-state index contributed by atoms with van der Waals surface area (Å²) in [6, 6.07) is 2.32. The molecule has 7 heteroatoms. The van der Waals surface area contributed by atoms with Crippen LogP contribution in [0.15, 0.2) is 22.8 Å². The van der Waals surface area contributed by atoms with E-state index in [-0.39, 0.29) is 18.2 Å². The Bertz CT molecular complexity index is 525. The predicted octanol–water partition coefficient (Wildman–Crippen LogP) is 0.817. The highest BCUT2D eigenvalue weighted by molar-refractivity contribution is 5.94. The second kappa shape index (κ2) is 6.43. The van der Waals surface area contributed by atoms with Crippen molar-refractivity contribution in [2.24, 2.45) is 0 Å². The Morgan fingerprint density at radius 1 is 1.43 bits per heavy atom. The van der Waals surface area contributed by atoms with E-state index in [9.17, 15) is 14.4 Å². The van der Waals surface area contributed by atoms with Gasteiger partial charge in [-0.3, -0.25) is 9.59 Å². The zero-order valence-corrected chi connectivity index (χ0v) is 11.8. The summed E-state index contributed by atoms with van der Waals surface area (Å²) in [6.07, 6.45) is 3.41. The van der Waals surface area contributed by atoms with Gasteiger partial charge in [0, 0.05) is 13.6 Å². The molecule has 2 amide bonds. The van der Waals surface area contributed by atoms with Crippen LogP contribution in [-0.2, 0) is 9.59 Å². The van der Waals surface area contributed by atoms with Crippen LogP contribution in [0, 0.1) is 0 Å². The van der Waals surface area contributed by atoms with Gasteiger partial charge in [-0.1, -0.05) is 0 Å². The molecular weight excluding hydrogens is 276 g/mol. The third-order valence-electron chi connectivity index (χ3n) is 3.56. The number of furan rings is 1. The van der Waals surface area contributed by atoms with E-state index in [2.05, 4.69) is 0 Å². The van der Waals surface area contributed by atoms with Crippen LogP contribution >= 0.6 is 0 Å². The van der Waals surface area contributed by atoms with Crippen molar-refractivity contribution >= 4 is 17.8 Å². The molecule has 1 aliphatic heterocycles. The summed E-state index contributed by atoms with van der Waals surface area (Å²) in [6.45, 7) is 0.252. The van der Waals surface area contributed by atoms with E-state index < -0.39 is 17.9 Å². The number of hydrogen-bond donors (Lipinski definition) is 1. The van der Waals surface area contributed by atoms with E-state index in [0.29, 0.717) is 13.0 Å². The van der Waals surface area contributed by atoms with Gasteiger partial charge >= 0.3 is 5.97 Å². The van der Waals surface area contributed by atoms with E-state index in [4.69, 9.17) is 9.52 Å². The van der Waals surface area contributed by atoms with Gasteiger partial charge in [-0.05, 0) is 31.4 Å². The maximum atomic E-state index is 12.2. The number of hydrogen-bond acceptors (Lipinski definition) is 4. The number of nitrogens with zero attached hydrogens (tertiary/aromatic N) is 2. The van der Waals surface area contributed by atoms with Gasteiger partial charge in [0.1, 0.15) is 6.04 Å². The number of carbonyl (C=O) groups excluding carboxylic acids is 2.